The molecule has 150 valence electrons. The van der Waals surface area contributed by atoms with Crippen LogP contribution in [0.25, 0.3) is 11.0 Å². The van der Waals surface area contributed by atoms with Gasteiger partial charge in [0.25, 0.3) is 0 Å². The lowest BCUT2D eigenvalue weighted by Gasteiger charge is -2.11. The molecule has 29 heavy (non-hydrogen) atoms. The van der Waals surface area contributed by atoms with Crippen LogP contribution in [-0.2, 0) is 12.7 Å². The van der Waals surface area contributed by atoms with Crippen LogP contribution < -0.4 is 0 Å². The first kappa shape index (κ1) is 19.5. The molecule has 0 aliphatic carbocycles. The van der Waals surface area contributed by atoms with Crippen molar-refractivity contribution in [1.29, 1.82) is 0 Å². The van der Waals surface area contributed by atoms with E-state index in [2.05, 4.69) is 15.2 Å². The Morgan fingerprint density at radius 3 is 2.52 bits per heavy atom. The van der Waals surface area contributed by atoms with Gasteiger partial charge in [-0.1, -0.05) is 42.1 Å². The molecule has 4 aromatic rings. The number of nitrogens with zero attached hydrogens (tertiary/aromatic N) is 4. The molecule has 0 amide bonds. The molecule has 0 saturated heterocycles. The topological polar surface area (TPSA) is 56.7 Å². The van der Waals surface area contributed by atoms with E-state index < -0.39 is 11.7 Å². The smallest absolute Gasteiger partial charge is 0.416 e. The van der Waals surface area contributed by atoms with Gasteiger partial charge in [0.2, 0.25) is 11.8 Å². The zero-order valence-electron chi connectivity index (χ0n) is 15.6. The van der Waals surface area contributed by atoms with E-state index in [4.69, 9.17) is 4.42 Å². The molecule has 2 heterocycles. The largest absolute Gasteiger partial charge is 0.424 e. The summed E-state index contributed by atoms with van der Waals surface area (Å²) in [6.07, 6.45) is -4.42. The van der Waals surface area contributed by atoms with Crippen LogP contribution in [0.1, 0.15) is 35.1 Å². The number of imidazole rings is 1. The number of hydrogen-bond donors (Lipinski definition) is 0. The number of halogens is 3. The van der Waals surface area contributed by atoms with Gasteiger partial charge in [0, 0.05) is 6.92 Å². The zero-order chi connectivity index (χ0) is 20.6. The van der Waals surface area contributed by atoms with Crippen LogP contribution in [0.5, 0.6) is 0 Å². The Morgan fingerprint density at radius 2 is 1.86 bits per heavy atom. The van der Waals surface area contributed by atoms with Gasteiger partial charge in [-0.3, -0.25) is 0 Å². The lowest BCUT2D eigenvalue weighted by Crippen LogP contribution is -2.05. The van der Waals surface area contributed by atoms with Crippen molar-refractivity contribution < 1.29 is 17.6 Å². The van der Waals surface area contributed by atoms with Gasteiger partial charge in [-0.05, 0) is 30.7 Å². The molecular weight excluding hydrogens is 401 g/mol. The van der Waals surface area contributed by atoms with Crippen molar-refractivity contribution in [2.45, 2.75) is 37.0 Å². The molecule has 0 unspecified atom stereocenters. The number of aromatic nitrogens is 4. The third-order valence-electron chi connectivity index (χ3n) is 4.40. The van der Waals surface area contributed by atoms with Crippen molar-refractivity contribution in [1.82, 2.24) is 19.7 Å². The average molecular weight is 418 g/mol. The summed E-state index contributed by atoms with van der Waals surface area (Å²) < 4.78 is 46.8. The fourth-order valence-electron chi connectivity index (χ4n) is 2.98. The summed E-state index contributed by atoms with van der Waals surface area (Å²) in [5, 5.41) is 8.26. The normalized spacial score (nSPS) is 13.1. The van der Waals surface area contributed by atoms with Gasteiger partial charge in [0.15, 0.2) is 5.16 Å². The molecule has 1 atom stereocenters. The van der Waals surface area contributed by atoms with Gasteiger partial charge < -0.3 is 8.98 Å². The molecule has 2 aromatic carbocycles. The number of thioether (sulfide) groups is 1. The van der Waals surface area contributed by atoms with Crippen molar-refractivity contribution in [3.63, 3.8) is 0 Å². The number of hydrogen-bond acceptors (Lipinski definition) is 5. The molecular formula is C20H17F3N4OS. The predicted octanol–water partition coefficient (Wildman–Crippen LogP) is 5.65. The maximum atomic E-state index is 13.1. The van der Waals surface area contributed by atoms with Gasteiger partial charge in [-0.15, -0.1) is 10.2 Å². The Balaban J connectivity index is 1.76. The van der Waals surface area contributed by atoms with Gasteiger partial charge >= 0.3 is 6.18 Å². The van der Waals surface area contributed by atoms with E-state index in [1.54, 1.807) is 6.92 Å². The standard InChI is InChI=1S/C20H17F3N4OS/c1-12(18-26-25-13(2)28-18)29-19-24-16-10-15(20(21,22)23)8-9-17(16)27(19)11-14-6-4-3-5-7-14/h3-10,12H,11H2,1-2H3/t12-/m1/s1. The van der Waals surface area contributed by atoms with Crippen LogP contribution in [0.4, 0.5) is 13.2 Å². The minimum atomic E-state index is -4.42. The van der Waals surface area contributed by atoms with Crippen molar-refractivity contribution in [2.75, 3.05) is 0 Å². The molecule has 2 aromatic heterocycles. The number of alkyl halides is 3. The van der Waals surface area contributed by atoms with Gasteiger partial charge in [0.1, 0.15) is 0 Å². The molecule has 5 nitrogen and oxygen atoms in total. The van der Waals surface area contributed by atoms with E-state index in [0.717, 1.165) is 17.7 Å². The van der Waals surface area contributed by atoms with Crippen molar-refractivity contribution in [2.24, 2.45) is 0 Å². The predicted molar refractivity (Wildman–Crippen MR) is 104 cm³/mol. The summed E-state index contributed by atoms with van der Waals surface area (Å²) in [7, 11) is 0. The highest BCUT2D eigenvalue weighted by molar-refractivity contribution is 7.99. The monoisotopic (exact) mass is 418 g/mol. The van der Waals surface area contributed by atoms with E-state index in [9.17, 15) is 13.2 Å². The molecule has 0 fully saturated rings. The minimum Gasteiger partial charge on any atom is -0.424 e. The summed E-state index contributed by atoms with van der Waals surface area (Å²) in [6, 6.07) is 13.3. The van der Waals surface area contributed by atoms with Crippen LogP contribution in [0.15, 0.2) is 58.1 Å². The summed E-state index contributed by atoms with van der Waals surface area (Å²) >= 11 is 1.37. The Hall–Kier alpha value is -2.81. The zero-order valence-corrected chi connectivity index (χ0v) is 16.5. The number of benzene rings is 2. The second-order valence-electron chi connectivity index (χ2n) is 6.59. The SMILES string of the molecule is Cc1nnc([C@@H](C)Sc2nc3cc(C(F)(F)F)ccc3n2Cc2ccccc2)o1. The maximum Gasteiger partial charge on any atom is 0.416 e. The molecule has 0 radical (unpaired) electrons. The summed E-state index contributed by atoms with van der Waals surface area (Å²) in [5.41, 5.74) is 1.24. The molecule has 0 saturated carbocycles. The molecule has 0 bridgehead atoms. The van der Waals surface area contributed by atoms with Gasteiger partial charge in [-0.25, -0.2) is 4.98 Å². The molecule has 0 aliphatic rings. The second-order valence-corrected chi connectivity index (χ2v) is 7.89. The lowest BCUT2D eigenvalue weighted by molar-refractivity contribution is -0.137. The first-order chi connectivity index (χ1) is 13.8. The van der Waals surface area contributed by atoms with Crippen molar-refractivity contribution >= 4 is 22.8 Å². The van der Waals surface area contributed by atoms with Gasteiger partial charge in [0.05, 0.1) is 28.4 Å². The fraction of sp³-hybridized carbons (Fsp3) is 0.250. The maximum absolute atomic E-state index is 13.1. The minimum absolute atomic E-state index is 0.204. The average Bonchev–Trinajstić information content (AvgIpc) is 3.25. The third-order valence-corrected chi connectivity index (χ3v) is 5.47. The highest BCUT2D eigenvalue weighted by Gasteiger charge is 2.31. The molecule has 9 heteroatoms. The fourth-order valence-corrected chi connectivity index (χ4v) is 3.93. The van der Waals surface area contributed by atoms with Crippen LogP contribution in [-0.4, -0.2) is 19.7 Å². The highest BCUT2D eigenvalue weighted by Crippen LogP contribution is 2.37. The molecule has 4 rings (SSSR count). The quantitative estimate of drug-likeness (QED) is 0.392. The van der Waals surface area contributed by atoms with Crippen molar-refractivity contribution in [3.05, 3.63) is 71.4 Å². The van der Waals surface area contributed by atoms with Crippen LogP contribution in [0.2, 0.25) is 0 Å². The lowest BCUT2D eigenvalue weighted by atomic mass is 10.2. The van der Waals surface area contributed by atoms with Crippen LogP contribution in [0, 0.1) is 6.92 Å². The first-order valence-corrected chi connectivity index (χ1v) is 9.77. The Morgan fingerprint density at radius 1 is 1.10 bits per heavy atom. The number of fused-ring (bicyclic) bond motifs is 1. The first-order valence-electron chi connectivity index (χ1n) is 8.89. The molecule has 0 spiro atoms. The van der Waals surface area contributed by atoms with E-state index in [1.165, 1.54) is 17.8 Å². The Bertz CT molecular complexity index is 1140. The Labute approximate surface area is 169 Å². The molecule has 0 N–H and O–H groups in total. The molecule has 0 aliphatic heterocycles. The summed E-state index contributed by atoms with van der Waals surface area (Å²) in [6.45, 7) is 4.09. The highest BCUT2D eigenvalue weighted by atomic mass is 32.2. The van der Waals surface area contributed by atoms with Crippen LogP contribution in [0.3, 0.4) is 0 Å². The number of rotatable bonds is 5. The third kappa shape index (κ3) is 4.14. The number of aryl methyl sites for hydroxylation is 1. The van der Waals surface area contributed by atoms with E-state index in [0.29, 0.717) is 34.5 Å². The summed E-state index contributed by atoms with van der Waals surface area (Å²) in [4.78, 5) is 4.49. The van der Waals surface area contributed by atoms with E-state index in [-0.39, 0.29) is 5.25 Å². The Kier molecular flexibility index (Phi) is 5.08. The van der Waals surface area contributed by atoms with E-state index >= 15 is 0 Å². The van der Waals surface area contributed by atoms with Gasteiger partial charge in [-0.2, -0.15) is 13.2 Å². The van der Waals surface area contributed by atoms with E-state index in [1.807, 2.05) is 41.8 Å². The second kappa shape index (κ2) is 7.55. The van der Waals surface area contributed by atoms with Crippen molar-refractivity contribution in [3.8, 4) is 0 Å². The summed E-state index contributed by atoms with van der Waals surface area (Å²) in [5.74, 6) is 0.904. The van der Waals surface area contributed by atoms with Crippen LogP contribution >= 0.6 is 11.8 Å².